The van der Waals surface area contributed by atoms with Crippen LogP contribution in [0.2, 0.25) is 0 Å². The number of methoxy groups -OCH3 is 1. The Hall–Kier alpha value is -2.43. The molecule has 0 radical (unpaired) electrons. The van der Waals surface area contributed by atoms with Crippen molar-refractivity contribution in [3.05, 3.63) is 47.8 Å². The zero-order chi connectivity index (χ0) is 12.3. The number of rotatable bonds is 3. The van der Waals surface area contributed by atoms with Crippen molar-refractivity contribution in [2.24, 2.45) is 0 Å². The fourth-order valence-corrected chi connectivity index (χ4v) is 1.39. The number of hydrogen-bond acceptors (Lipinski definition) is 4. The molecule has 0 spiro atoms. The Morgan fingerprint density at radius 3 is 2.59 bits per heavy atom. The third kappa shape index (κ3) is 2.23. The molecule has 0 atom stereocenters. The number of nitrogens with zero attached hydrogens (tertiary/aromatic N) is 2. The minimum atomic E-state index is -0.478. The molecule has 0 fully saturated rings. The number of hydrogen-bond donors (Lipinski definition) is 0. The molecule has 2 rings (SSSR count). The fraction of sp³-hybridized carbons (Fsp3) is 0.0833. The van der Waals surface area contributed by atoms with Crippen molar-refractivity contribution in [1.82, 2.24) is 9.78 Å². The molecule has 0 saturated heterocycles. The van der Waals surface area contributed by atoms with E-state index >= 15 is 0 Å². The predicted molar refractivity (Wildman–Crippen MR) is 60.3 cm³/mol. The molecule has 0 N–H and O–H groups in total. The summed E-state index contributed by atoms with van der Waals surface area (Å²) in [6, 6.07) is 8.43. The summed E-state index contributed by atoms with van der Waals surface area (Å²) < 4.78 is 6.10. The number of esters is 1. The molecule has 0 bridgehead atoms. The van der Waals surface area contributed by atoms with Crippen LogP contribution < -0.4 is 0 Å². The summed E-state index contributed by atoms with van der Waals surface area (Å²) in [5.41, 5.74) is 1.60. The van der Waals surface area contributed by atoms with E-state index in [1.54, 1.807) is 41.2 Å². The van der Waals surface area contributed by atoms with Gasteiger partial charge in [0.2, 0.25) is 0 Å². The largest absolute Gasteiger partial charge is 0.464 e. The summed E-state index contributed by atoms with van der Waals surface area (Å²) >= 11 is 0. The van der Waals surface area contributed by atoms with Crippen molar-refractivity contribution in [3.8, 4) is 5.69 Å². The Bertz CT molecular complexity index is 543. The summed E-state index contributed by atoms with van der Waals surface area (Å²) in [7, 11) is 1.31. The Kier molecular flexibility index (Phi) is 3.00. The van der Waals surface area contributed by atoms with Gasteiger partial charge in [0.1, 0.15) is 6.29 Å². The topological polar surface area (TPSA) is 61.2 Å². The van der Waals surface area contributed by atoms with Gasteiger partial charge in [-0.25, -0.2) is 9.48 Å². The van der Waals surface area contributed by atoms with Crippen molar-refractivity contribution >= 4 is 12.3 Å². The summed E-state index contributed by atoms with van der Waals surface area (Å²) in [5.74, 6) is -0.478. The van der Waals surface area contributed by atoms with Gasteiger partial charge < -0.3 is 4.74 Å². The monoisotopic (exact) mass is 230 g/mol. The lowest BCUT2D eigenvalue weighted by Gasteiger charge is -2.00. The van der Waals surface area contributed by atoms with E-state index in [0.717, 1.165) is 12.0 Å². The lowest BCUT2D eigenvalue weighted by Crippen LogP contribution is -2.04. The average Bonchev–Trinajstić information content (AvgIpc) is 2.87. The smallest absolute Gasteiger partial charge is 0.358 e. The minimum Gasteiger partial charge on any atom is -0.464 e. The van der Waals surface area contributed by atoms with Gasteiger partial charge in [0.05, 0.1) is 12.8 Å². The second-order valence-electron chi connectivity index (χ2n) is 3.35. The van der Waals surface area contributed by atoms with Crippen LogP contribution in [0.1, 0.15) is 20.8 Å². The Balaban J connectivity index is 2.30. The van der Waals surface area contributed by atoms with Gasteiger partial charge in [0.25, 0.3) is 0 Å². The number of carbonyl (C=O) groups is 2. The van der Waals surface area contributed by atoms with Crippen LogP contribution in [0.25, 0.3) is 5.69 Å². The molecule has 0 aliphatic heterocycles. The standard InChI is InChI=1S/C12H10N2O3/c1-17-12(16)11-6-7-14(13-11)10-4-2-9(8-15)3-5-10/h2-8H,1H3. The second kappa shape index (κ2) is 4.61. The van der Waals surface area contributed by atoms with Gasteiger partial charge in [0.15, 0.2) is 5.69 Å². The normalized spacial score (nSPS) is 9.94. The van der Waals surface area contributed by atoms with Gasteiger partial charge in [-0.3, -0.25) is 4.79 Å². The molecule has 2 aromatic rings. The number of benzene rings is 1. The van der Waals surface area contributed by atoms with Gasteiger partial charge in [0, 0.05) is 11.8 Å². The van der Waals surface area contributed by atoms with Crippen LogP contribution in [0.15, 0.2) is 36.5 Å². The highest BCUT2D eigenvalue weighted by Crippen LogP contribution is 2.09. The van der Waals surface area contributed by atoms with Crippen LogP contribution in [-0.2, 0) is 4.74 Å². The van der Waals surface area contributed by atoms with Crippen LogP contribution >= 0.6 is 0 Å². The van der Waals surface area contributed by atoms with Crippen LogP contribution in [-0.4, -0.2) is 29.1 Å². The van der Waals surface area contributed by atoms with Crippen LogP contribution in [0.5, 0.6) is 0 Å². The van der Waals surface area contributed by atoms with E-state index in [4.69, 9.17) is 0 Å². The Morgan fingerprint density at radius 1 is 1.29 bits per heavy atom. The summed E-state index contributed by atoms with van der Waals surface area (Å²) in [6.45, 7) is 0. The van der Waals surface area contributed by atoms with E-state index < -0.39 is 5.97 Å². The first-order chi connectivity index (χ1) is 8.24. The third-order valence-electron chi connectivity index (χ3n) is 2.28. The SMILES string of the molecule is COC(=O)c1ccn(-c2ccc(C=O)cc2)n1. The van der Waals surface area contributed by atoms with Crippen molar-refractivity contribution in [3.63, 3.8) is 0 Å². The zero-order valence-corrected chi connectivity index (χ0v) is 9.16. The van der Waals surface area contributed by atoms with Crippen LogP contribution in [0.4, 0.5) is 0 Å². The highest BCUT2D eigenvalue weighted by Gasteiger charge is 2.09. The van der Waals surface area contributed by atoms with Gasteiger partial charge >= 0.3 is 5.97 Å². The van der Waals surface area contributed by atoms with Crippen molar-refractivity contribution < 1.29 is 14.3 Å². The second-order valence-corrected chi connectivity index (χ2v) is 3.35. The van der Waals surface area contributed by atoms with E-state index in [-0.39, 0.29) is 5.69 Å². The minimum absolute atomic E-state index is 0.243. The van der Waals surface area contributed by atoms with Gasteiger partial charge in [-0.2, -0.15) is 5.10 Å². The average molecular weight is 230 g/mol. The predicted octanol–water partition coefficient (Wildman–Crippen LogP) is 1.47. The molecule has 5 heteroatoms. The number of aldehydes is 1. The van der Waals surface area contributed by atoms with E-state index in [1.165, 1.54) is 7.11 Å². The van der Waals surface area contributed by atoms with Crippen LogP contribution in [0, 0.1) is 0 Å². The lowest BCUT2D eigenvalue weighted by atomic mass is 10.2. The molecule has 0 unspecified atom stereocenters. The van der Waals surface area contributed by atoms with Crippen molar-refractivity contribution in [2.75, 3.05) is 7.11 Å². The molecule has 5 nitrogen and oxygen atoms in total. The first kappa shape index (κ1) is 11.1. The van der Waals surface area contributed by atoms with Gasteiger partial charge in [-0.15, -0.1) is 0 Å². The quantitative estimate of drug-likeness (QED) is 0.591. The molecule has 0 saturated carbocycles. The molecule has 1 heterocycles. The van der Waals surface area contributed by atoms with Crippen molar-refractivity contribution in [2.45, 2.75) is 0 Å². The highest BCUT2D eigenvalue weighted by atomic mass is 16.5. The zero-order valence-electron chi connectivity index (χ0n) is 9.16. The molecule has 0 amide bonds. The number of ether oxygens (including phenoxy) is 1. The molecule has 1 aromatic carbocycles. The molecule has 0 aliphatic carbocycles. The highest BCUT2D eigenvalue weighted by molar-refractivity contribution is 5.87. The molecule has 17 heavy (non-hydrogen) atoms. The third-order valence-corrected chi connectivity index (χ3v) is 2.28. The Labute approximate surface area is 97.6 Å². The van der Waals surface area contributed by atoms with E-state index in [2.05, 4.69) is 9.84 Å². The molecule has 86 valence electrons. The van der Waals surface area contributed by atoms with E-state index in [9.17, 15) is 9.59 Å². The van der Waals surface area contributed by atoms with E-state index in [0.29, 0.717) is 5.56 Å². The summed E-state index contributed by atoms with van der Waals surface area (Å²) in [4.78, 5) is 21.7. The first-order valence-electron chi connectivity index (χ1n) is 4.94. The number of carbonyl (C=O) groups excluding carboxylic acids is 2. The maximum Gasteiger partial charge on any atom is 0.358 e. The molecular formula is C12H10N2O3. The van der Waals surface area contributed by atoms with Gasteiger partial charge in [-0.1, -0.05) is 0 Å². The molecule has 0 aliphatic rings. The lowest BCUT2D eigenvalue weighted by molar-refractivity contribution is 0.0593. The van der Waals surface area contributed by atoms with Gasteiger partial charge in [-0.05, 0) is 30.3 Å². The fourth-order valence-electron chi connectivity index (χ4n) is 1.39. The summed E-state index contributed by atoms with van der Waals surface area (Å²) in [5, 5.41) is 4.06. The Morgan fingerprint density at radius 2 is 2.00 bits per heavy atom. The van der Waals surface area contributed by atoms with Crippen LogP contribution in [0.3, 0.4) is 0 Å². The first-order valence-corrected chi connectivity index (χ1v) is 4.94. The maximum atomic E-state index is 11.2. The molecular weight excluding hydrogens is 220 g/mol. The molecule has 1 aromatic heterocycles. The van der Waals surface area contributed by atoms with Crippen molar-refractivity contribution in [1.29, 1.82) is 0 Å². The maximum absolute atomic E-state index is 11.2. The van der Waals surface area contributed by atoms with E-state index in [1.807, 2.05) is 0 Å². The number of aromatic nitrogens is 2. The summed E-state index contributed by atoms with van der Waals surface area (Å²) in [6.07, 6.45) is 2.43.